The molecule has 15 heavy (non-hydrogen) atoms. The zero-order chi connectivity index (χ0) is 11.6. The lowest BCUT2D eigenvalue weighted by Gasteiger charge is -2.28. The molecule has 0 aromatic heterocycles. The van der Waals surface area contributed by atoms with Crippen molar-refractivity contribution in [3.8, 4) is 0 Å². The zero-order valence-electron chi connectivity index (χ0n) is 10.8. The van der Waals surface area contributed by atoms with E-state index >= 15 is 0 Å². The molecule has 0 bridgehead atoms. The van der Waals surface area contributed by atoms with Crippen molar-refractivity contribution in [2.24, 2.45) is 0 Å². The van der Waals surface area contributed by atoms with Crippen molar-refractivity contribution < 1.29 is 8.85 Å². The predicted octanol–water partition coefficient (Wildman–Crippen LogP) is 2.52. The highest BCUT2D eigenvalue weighted by atomic mass is 28.4. The normalized spacial score (nSPS) is 12.0. The molecule has 0 rings (SSSR count). The maximum absolute atomic E-state index is 5.90. The Morgan fingerprint density at radius 1 is 1.00 bits per heavy atom. The van der Waals surface area contributed by atoms with Crippen molar-refractivity contribution in [3.05, 3.63) is 0 Å². The molecule has 0 aliphatic rings. The van der Waals surface area contributed by atoms with Gasteiger partial charge in [-0.15, -0.1) is 0 Å². The van der Waals surface area contributed by atoms with E-state index in [9.17, 15) is 0 Å². The van der Waals surface area contributed by atoms with E-state index in [4.69, 9.17) is 8.85 Å². The number of hydrogen-bond donors (Lipinski definition) is 1. The van der Waals surface area contributed by atoms with E-state index in [0.29, 0.717) is 0 Å². The Morgan fingerprint density at radius 3 is 2.00 bits per heavy atom. The van der Waals surface area contributed by atoms with Crippen molar-refractivity contribution in [3.63, 3.8) is 0 Å². The molecule has 0 aromatic carbocycles. The second-order valence-corrected chi connectivity index (χ2v) is 7.30. The highest BCUT2D eigenvalue weighted by Gasteiger charge is 2.33. The highest BCUT2D eigenvalue weighted by molar-refractivity contribution is 6.67. The minimum atomic E-state index is -1.85. The van der Waals surface area contributed by atoms with Crippen LogP contribution in [0.25, 0.3) is 0 Å². The van der Waals surface area contributed by atoms with Crippen molar-refractivity contribution >= 4 is 8.56 Å². The van der Waals surface area contributed by atoms with E-state index in [-0.39, 0.29) is 0 Å². The van der Waals surface area contributed by atoms with Gasteiger partial charge in [0.2, 0.25) is 0 Å². The standard InChI is InChI=1S/C11H27NO2Si/c1-5-13-15(7-3,14-6-2)11-9-8-10-12-4/h12H,5-11H2,1-4H3. The monoisotopic (exact) mass is 233 g/mol. The van der Waals surface area contributed by atoms with Gasteiger partial charge in [-0.1, -0.05) is 13.3 Å². The molecule has 1 N–H and O–H groups in total. The Labute approximate surface area is 95.8 Å². The smallest absolute Gasteiger partial charge is 0.337 e. The molecule has 0 atom stereocenters. The molecule has 0 radical (unpaired) electrons. The van der Waals surface area contributed by atoms with Crippen molar-refractivity contribution in [2.75, 3.05) is 26.8 Å². The van der Waals surface area contributed by atoms with Crippen molar-refractivity contribution in [1.82, 2.24) is 5.32 Å². The third-order valence-electron chi connectivity index (χ3n) is 2.59. The first kappa shape index (κ1) is 15.1. The van der Waals surface area contributed by atoms with E-state index in [1.807, 2.05) is 7.05 Å². The Hall–Kier alpha value is 0.0969. The van der Waals surface area contributed by atoms with E-state index in [2.05, 4.69) is 26.1 Å². The highest BCUT2D eigenvalue weighted by Crippen LogP contribution is 2.21. The molecule has 0 spiro atoms. The first-order valence-electron chi connectivity index (χ1n) is 6.17. The summed E-state index contributed by atoms with van der Waals surface area (Å²) in [4.78, 5) is 0. The lowest BCUT2D eigenvalue weighted by Crippen LogP contribution is -2.41. The molecular formula is C11H27NO2Si. The van der Waals surface area contributed by atoms with Crippen LogP contribution in [0.3, 0.4) is 0 Å². The fourth-order valence-corrected chi connectivity index (χ4v) is 4.76. The molecular weight excluding hydrogens is 206 g/mol. The molecule has 0 heterocycles. The minimum absolute atomic E-state index is 0.784. The van der Waals surface area contributed by atoms with Crippen LogP contribution in [0.2, 0.25) is 12.1 Å². The van der Waals surface area contributed by atoms with Gasteiger partial charge in [-0.3, -0.25) is 0 Å². The number of nitrogens with one attached hydrogen (secondary N) is 1. The number of unbranched alkanes of at least 4 members (excludes halogenated alkanes) is 1. The molecule has 0 saturated carbocycles. The summed E-state index contributed by atoms with van der Waals surface area (Å²) in [7, 11) is 0.148. The average molecular weight is 233 g/mol. The molecule has 0 aliphatic carbocycles. The quantitative estimate of drug-likeness (QED) is 0.464. The predicted molar refractivity (Wildman–Crippen MR) is 67.5 cm³/mol. The summed E-state index contributed by atoms with van der Waals surface area (Å²) in [6.07, 6.45) is 2.42. The first-order chi connectivity index (χ1) is 7.24. The van der Waals surface area contributed by atoms with Crippen LogP contribution in [0.15, 0.2) is 0 Å². The summed E-state index contributed by atoms with van der Waals surface area (Å²) in [6.45, 7) is 8.97. The van der Waals surface area contributed by atoms with Crippen LogP contribution in [-0.2, 0) is 8.85 Å². The Morgan fingerprint density at radius 2 is 1.60 bits per heavy atom. The molecule has 4 heteroatoms. The van der Waals surface area contributed by atoms with Crippen LogP contribution in [0, 0.1) is 0 Å². The third-order valence-corrected chi connectivity index (χ3v) is 6.41. The largest absolute Gasteiger partial charge is 0.394 e. The second kappa shape index (κ2) is 9.33. The van der Waals surface area contributed by atoms with Crippen LogP contribution >= 0.6 is 0 Å². The third kappa shape index (κ3) is 6.30. The van der Waals surface area contributed by atoms with Gasteiger partial charge in [0.25, 0.3) is 0 Å². The van der Waals surface area contributed by atoms with Crippen molar-refractivity contribution in [1.29, 1.82) is 0 Å². The topological polar surface area (TPSA) is 30.5 Å². The van der Waals surface area contributed by atoms with Gasteiger partial charge in [0.1, 0.15) is 0 Å². The molecule has 0 fully saturated rings. The second-order valence-electron chi connectivity index (χ2n) is 3.69. The van der Waals surface area contributed by atoms with Crippen LogP contribution < -0.4 is 5.32 Å². The maximum Gasteiger partial charge on any atom is 0.337 e. The molecule has 0 saturated heterocycles. The van der Waals surface area contributed by atoms with E-state index in [1.165, 1.54) is 12.8 Å². The van der Waals surface area contributed by atoms with Gasteiger partial charge in [-0.2, -0.15) is 0 Å². The summed E-state index contributed by atoms with van der Waals surface area (Å²) in [5, 5.41) is 3.17. The van der Waals surface area contributed by atoms with Crippen LogP contribution in [0.5, 0.6) is 0 Å². The molecule has 0 unspecified atom stereocenters. The fraction of sp³-hybridized carbons (Fsp3) is 1.00. The Balaban J connectivity index is 3.96. The van der Waals surface area contributed by atoms with Gasteiger partial charge in [0.05, 0.1) is 0 Å². The van der Waals surface area contributed by atoms with Gasteiger partial charge in [-0.25, -0.2) is 0 Å². The SMILES string of the molecule is CCO[Si](CC)(CCCCNC)OCC. The van der Waals surface area contributed by atoms with Crippen LogP contribution in [0.1, 0.15) is 33.6 Å². The van der Waals surface area contributed by atoms with Gasteiger partial charge < -0.3 is 14.2 Å². The number of rotatable bonds is 10. The van der Waals surface area contributed by atoms with E-state index < -0.39 is 8.56 Å². The molecule has 0 aromatic rings. The number of hydrogen-bond acceptors (Lipinski definition) is 3. The molecule has 0 amide bonds. The zero-order valence-corrected chi connectivity index (χ0v) is 11.8. The summed E-state index contributed by atoms with van der Waals surface area (Å²) >= 11 is 0. The van der Waals surface area contributed by atoms with Gasteiger partial charge in [-0.05, 0) is 45.9 Å². The summed E-state index contributed by atoms with van der Waals surface area (Å²) < 4.78 is 11.8. The van der Waals surface area contributed by atoms with E-state index in [0.717, 1.165) is 31.8 Å². The maximum atomic E-state index is 5.90. The lowest BCUT2D eigenvalue weighted by molar-refractivity contribution is 0.182. The van der Waals surface area contributed by atoms with Crippen LogP contribution in [-0.4, -0.2) is 35.4 Å². The molecule has 3 nitrogen and oxygen atoms in total. The van der Waals surface area contributed by atoms with Gasteiger partial charge >= 0.3 is 8.56 Å². The Bertz CT molecular complexity index is 139. The lowest BCUT2D eigenvalue weighted by atomic mass is 10.3. The first-order valence-corrected chi connectivity index (χ1v) is 8.40. The van der Waals surface area contributed by atoms with Crippen molar-refractivity contribution in [2.45, 2.75) is 45.7 Å². The fourth-order valence-electron chi connectivity index (χ4n) is 1.79. The van der Waals surface area contributed by atoms with Gasteiger partial charge in [0.15, 0.2) is 0 Å². The summed E-state index contributed by atoms with van der Waals surface area (Å²) in [6, 6.07) is 2.20. The summed E-state index contributed by atoms with van der Waals surface area (Å²) in [5.74, 6) is 0. The van der Waals surface area contributed by atoms with E-state index in [1.54, 1.807) is 0 Å². The summed E-state index contributed by atoms with van der Waals surface area (Å²) in [5.41, 5.74) is 0. The van der Waals surface area contributed by atoms with Gasteiger partial charge in [0, 0.05) is 13.2 Å². The Kier molecular flexibility index (Phi) is 9.39. The van der Waals surface area contributed by atoms with Crippen LogP contribution in [0.4, 0.5) is 0 Å². The average Bonchev–Trinajstić information content (AvgIpc) is 2.25. The molecule has 92 valence electrons. The molecule has 0 aliphatic heterocycles. The minimum Gasteiger partial charge on any atom is -0.394 e.